The van der Waals surface area contributed by atoms with Crippen molar-refractivity contribution in [3.8, 4) is 5.82 Å². The van der Waals surface area contributed by atoms with E-state index in [1.807, 2.05) is 32.0 Å². The van der Waals surface area contributed by atoms with Crippen LogP contribution in [0.2, 0.25) is 0 Å². The number of hydrogen-bond donors (Lipinski definition) is 1. The Bertz CT molecular complexity index is 1250. The minimum atomic E-state index is -0.505. The van der Waals surface area contributed by atoms with Crippen molar-refractivity contribution in [2.75, 3.05) is 18.0 Å². The Hall–Kier alpha value is -3.33. The van der Waals surface area contributed by atoms with Crippen molar-refractivity contribution in [1.82, 2.24) is 34.3 Å². The molecule has 1 unspecified atom stereocenters. The lowest BCUT2D eigenvalue weighted by atomic mass is 9.99. The number of imidazole rings is 1. The van der Waals surface area contributed by atoms with Crippen LogP contribution in [0.15, 0.2) is 30.3 Å². The number of aliphatic hydroxyl groups is 1. The molecule has 1 aliphatic heterocycles. The molecule has 9 heteroatoms. The molecule has 1 fully saturated rings. The summed E-state index contributed by atoms with van der Waals surface area (Å²) in [7, 11) is 2.08. The van der Waals surface area contributed by atoms with Crippen LogP contribution in [0.25, 0.3) is 16.9 Å². The number of benzene rings is 1. The average molecular weight is 419 g/mol. The van der Waals surface area contributed by atoms with Crippen molar-refractivity contribution in [3.05, 3.63) is 53.6 Å². The first-order chi connectivity index (χ1) is 14.9. The van der Waals surface area contributed by atoms with Crippen molar-refractivity contribution in [2.24, 2.45) is 7.05 Å². The molecule has 9 nitrogen and oxygen atoms in total. The molecular weight excluding hydrogens is 392 g/mol. The number of fused-ring (bicyclic) bond motifs is 1. The van der Waals surface area contributed by atoms with Crippen LogP contribution < -0.4 is 4.90 Å². The van der Waals surface area contributed by atoms with Gasteiger partial charge >= 0.3 is 0 Å². The first kappa shape index (κ1) is 19.6. The van der Waals surface area contributed by atoms with Crippen molar-refractivity contribution in [3.63, 3.8) is 0 Å². The molecule has 160 valence electrons. The van der Waals surface area contributed by atoms with Crippen LogP contribution in [-0.4, -0.2) is 58.6 Å². The fraction of sp³-hybridized carbons (Fsp3) is 0.409. The highest BCUT2D eigenvalue weighted by Gasteiger charge is 2.33. The lowest BCUT2D eigenvalue weighted by Crippen LogP contribution is -2.46. The number of rotatable bonds is 5. The summed E-state index contributed by atoms with van der Waals surface area (Å²) in [6.45, 7) is 7.17. The first-order valence-corrected chi connectivity index (χ1v) is 10.5. The van der Waals surface area contributed by atoms with Gasteiger partial charge in [0.1, 0.15) is 29.1 Å². The molecule has 0 spiro atoms. The smallest absolute Gasteiger partial charge is 0.161 e. The van der Waals surface area contributed by atoms with Crippen molar-refractivity contribution in [2.45, 2.75) is 39.2 Å². The molecule has 0 saturated carbocycles. The van der Waals surface area contributed by atoms with Crippen LogP contribution in [0.3, 0.4) is 0 Å². The lowest BCUT2D eigenvalue weighted by molar-refractivity contribution is 0.192. The van der Waals surface area contributed by atoms with Crippen molar-refractivity contribution in [1.29, 1.82) is 0 Å². The molecule has 31 heavy (non-hydrogen) atoms. The lowest BCUT2D eigenvalue weighted by Gasteiger charge is -2.39. The zero-order valence-corrected chi connectivity index (χ0v) is 18.2. The van der Waals surface area contributed by atoms with Crippen LogP contribution in [0.4, 0.5) is 5.82 Å². The SMILES string of the molecule is Cc1nc(N2CC(c3nc4ccccc4n3C)C2)cc(-n2nc(C)nc2CC(C)O)n1. The zero-order chi connectivity index (χ0) is 21.7. The summed E-state index contributed by atoms with van der Waals surface area (Å²) in [5, 5.41) is 14.3. The van der Waals surface area contributed by atoms with Gasteiger partial charge in [-0.05, 0) is 32.9 Å². The fourth-order valence-electron chi connectivity index (χ4n) is 4.20. The van der Waals surface area contributed by atoms with Crippen LogP contribution in [0.5, 0.6) is 0 Å². The van der Waals surface area contributed by atoms with E-state index >= 15 is 0 Å². The molecule has 3 aromatic heterocycles. The predicted octanol–water partition coefficient (Wildman–Crippen LogP) is 2.09. The summed E-state index contributed by atoms with van der Waals surface area (Å²) in [6.07, 6.45) is -0.0910. The largest absolute Gasteiger partial charge is 0.393 e. The molecule has 5 rings (SSSR count). The van der Waals surface area contributed by atoms with Gasteiger partial charge in [-0.3, -0.25) is 0 Å². The van der Waals surface area contributed by atoms with E-state index in [0.717, 1.165) is 35.8 Å². The van der Waals surface area contributed by atoms with Gasteiger partial charge in [0.25, 0.3) is 0 Å². The normalized spacial score (nSPS) is 15.5. The van der Waals surface area contributed by atoms with Crippen LogP contribution in [0, 0.1) is 13.8 Å². The van der Waals surface area contributed by atoms with Gasteiger partial charge in [-0.25, -0.2) is 19.9 Å². The zero-order valence-electron chi connectivity index (χ0n) is 18.2. The van der Waals surface area contributed by atoms with Crippen LogP contribution in [-0.2, 0) is 13.5 Å². The quantitative estimate of drug-likeness (QED) is 0.530. The van der Waals surface area contributed by atoms with Crippen molar-refractivity contribution >= 4 is 16.9 Å². The topological polar surface area (TPSA) is 97.8 Å². The third-order valence-electron chi connectivity index (χ3n) is 5.68. The van der Waals surface area contributed by atoms with Gasteiger partial charge in [0.15, 0.2) is 5.82 Å². The van der Waals surface area contributed by atoms with Gasteiger partial charge in [0.05, 0.1) is 23.1 Å². The van der Waals surface area contributed by atoms with Gasteiger partial charge in [0, 0.05) is 32.6 Å². The van der Waals surface area contributed by atoms with E-state index in [9.17, 15) is 5.11 Å². The number of hydrogen-bond acceptors (Lipinski definition) is 7. The predicted molar refractivity (Wildman–Crippen MR) is 117 cm³/mol. The van der Waals surface area contributed by atoms with E-state index in [0.29, 0.717) is 35.6 Å². The number of nitrogens with zero attached hydrogens (tertiary/aromatic N) is 8. The fourth-order valence-corrected chi connectivity index (χ4v) is 4.20. The Morgan fingerprint density at radius 2 is 1.77 bits per heavy atom. The van der Waals surface area contributed by atoms with E-state index in [1.165, 1.54) is 0 Å². The van der Waals surface area contributed by atoms with Gasteiger partial charge in [-0.15, -0.1) is 5.10 Å². The molecule has 4 aromatic rings. The second-order valence-electron chi connectivity index (χ2n) is 8.29. The highest BCUT2D eigenvalue weighted by atomic mass is 16.3. The summed E-state index contributed by atoms with van der Waals surface area (Å²) in [5.74, 6) is 5.02. The summed E-state index contributed by atoms with van der Waals surface area (Å²) < 4.78 is 3.90. The summed E-state index contributed by atoms with van der Waals surface area (Å²) in [5.41, 5.74) is 2.19. The molecule has 1 aromatic carbocycles. The molecule has 0 aliphatic carbocycles. The molecule has 1 N–H and O–H groups in total. The minimum Gasteiger partial charge on any atom is -0.393 e. The Kier molecular flexibility index (Phi) is 4.70. The Morgan fingerprint density at radius 1 is 1.03 bits per heavy atom. The van der Waals surface area contributed by atoms with Gasteiger partial charge in [-0.2, -0.15) is 4.68 Å². The molecular formula is C22H26N8O. The monoisotopic (exact) mass is 418 g/mol. The molecule has 0 amide bonds. The molecule has 0 radical (unpaired) electrons. The third kappa shape index (κ3) is 3.54. The average Bonchev–Trinajstić information content (AvgIpc) is 3.20. The molecule has 0 bridgehead atoms. The first-order valence-electron chi connectivity index (χ1n) is 10.5. The van der Waals surface area contributed by atoms with E-state index in [4.69, 9.17) is 4.98 Å². The summed E-state index contributed by atoms with van der Waals surface area (Å²) >= 11 is 0. The Labute approximate surface area is 180 Å². The summed E-state index contributed by atoms with van der Waals surface area (Å²) in [4.78, 5) is 20.8. The van der Waals surface area contributed by atoms with Crippen molar-refractivity contribution < 1.29 is 5.11 Å². The van der Waals surface area contributed by atoms with E-state index < -0.39 is 6.10 Å². The minimum absolute atomic E-state index is 0.357. The maximum Gasteiger partial charge on any atom is 0.161 e. The van der Waals surface area contributed by atoms with E-state index in [1.54, 1.807) is 11.6 Å². The van der Waals surface area contributed by atoms with Crippen LogP contribution >= 0.6 is 0 Å². The second-order valence-corrected chi connectivity index (χ2v) is 8.29. The standard InChI is InChI=1S/C22H26N8O/c1-13(31)9-20-25-15(3)27-30(20)21-10-19(23-14(2)24-21)29-11-16(12-29)22-26-17-7-5-6-8-18(17)28(22)4/h5-8,10,13,16,31H,9,11-12H2,1-4H3. The second kappa shape index (κ2) is 7.42. The highest BCUT2D eigenvalue weighted by Crippen LogP contribution is 2.32. The van der Waals surface area contributed by atoms with Gasteiger partial charge < -0.3 is 14.6 Å². The van der Waals surface area contributed by atoms with Gasteiger partial charge in [0.2, 0.25) is 0 Å². The Balaban J connectivity index is 1.40. The Morgan fingerprint density at radius 3 is 2.52 bits per heavy atom. The van der Waals surface area contributed by atoms with Crippen LogP contribution in [0.1, 0.15) is 36.1 Å². The number of aromatic nitrogens is 7. The summed E-state index contributed by atoms with van der Waals surface area (Å²) in [6, 6.07) is 10.2. The third-order valence-corrected chi connectivity index (χ3v) is 5.68. The maximum atomic E-state index is 9.81. The molecule has 1 atom stereocenters. The number of anilines is 1. The van der Waals surface area contributed by atoms with E-state index in [-0.39, 0.29) is 0 Å². The maximum absolute atomic E-state index is 9.81. The van der Waals surface area contributed by atoms with E-state index in [2.05, 4.69) is 48.7 Å². The highest BCUT2D eigenvalue weighted by molar-refractivity contribution is 5.76. The number of aliphatic hydroxyl groups excluding tert-OH is 1. The molecule has 1 aliphatic rings. The number of para-hydroxylation sites is 2. The number of aryl methyl sites for hydroxylation is 3. The molecule has 1 saturated heterocycles. The molecule has 4 heterocycles. The van der Waals surface area contributed by atoms with Gasteiger partial charge in [-0.1, -0.05) is 12.1 Å².